The van der Waals surface area contributed by atoms with Gasteiger partial charge in [0.05, 0.1) is 5.75 Å². The zero-order valence-electron chi connectivity index (χ0n) is 15.5. The van der Waals surface area contributed by atoms with Crippen LogP contribution in [0.2, 0.25) is 0 Å². The number of aliphatic imine (C=N–C) groups is 1. The van der Waals surface area contributed by atoms with Gasteiger partial charge in [0, 0.05) is 38.0 Å². The molecule has 0 saturated carbocycles. The summed E-state index contributed by atoms with van der Waals surface area (Å²) in [4.78, 5) is 3.80. The minimum atomic E-state index is -3.37. The monoisotopic (exact) mass is 435 g/mol. The van der Waals surface area contributed by atoms with E-state index in [2.05, 4.69) is 15.6 Å². The molecule has 2 aromatic rings. The van der Waals surface area contributed by atoms with Crippen molar-refractivity contribution in [3.05, 3.63) is 70.0 Å². The molecule has 29 heavy (non-hydrogen) atoms. The third kappa shape index (κ3) is 6.14. The standard InChI is InChI=1S/C18H18F5N3O2S/c1-24-18(26-8-13-16(22)14(20)6-15(21)17(13)23)25-7-11-5-12(19)4-3-10(11)9-29(2,27)28/h3-6H,7-9H2,1-2H3,(H2,24,25,26). The van der Waals surface area contributed by atoms with Gasteiger partial charge >= 0.3 is 0 Å². The molecule has 0 radical (unpaired) electrons. The molecule has 0 heterocycles. The fourth-order valence-corrected chi connectivity index (χ4v) is 3.38. The summed E-state index contributed by atoms with van der Waals surface area (Å²) in [6.45, 7) is -0.684. The third-order valence-corrected chi connectivity index (χ3v) is 4.73. The molecule has 0 fully saturated rings. The normalized spacial score (nSPS) is 12.2. The van der Waals surface area contributed by atoms with E-state index in [0.29, 0.717) is 11.1 Å². The van der Waals surface area contributed by atoms with Crippen LogP contribution in [0.15, 0.2) is 29.3 Å². The summed E-state index contributed by atoms with van der Waals surface area (Å²) in [5.41, 5.74) is -0.164. The Hall–Kier alpha value is -2.69. The molecule has 0 saturated heterocycles. The van der Waals surface area contributed by atoms with Gasteiger partial charge in [-0.1, -0.05) is 6.07 Å². The van der Waals surface area contributed by atoms with Gasteiger partial charge < -0.3 is 10.6 Å². The van der Waals surface area contributed by atoms with Crippen LogP contribution in [0.3, 0.4) is 0 Å². The number of nitrogens with zero attached hydrogens (tertiary/aromatic N) is 1. The van der Waals surface area contributed by atoms with E-state index >= 15 is 0 Å². The largest absolute Gasteiger partial charge is 0.352 e. The summed E-state index contributed by atoms with van der Waals surface area (Å²) >= 11 is 0. The Balaban J connectivity index is 2.12. The molecule has 0 unspecified atom stereocenters. The van der Waals surface area contributed by atoms with E-state index in [1.165, 1.54) is 13.1 Å². The summed E-state index contributed by atoms with van der Waals surface area (Å²) in [5, 5.41) is 5.21. The lowest BCUT2D eigenvalue weighted by molar-refractivity contribution is 0.437. The zero-order chi connectivity index (χ0) is 21.8. The first-order valence-electron chi connectivity index (χ1n) is 8.23. The first kappa shape index (κ1) is 22.6. The number of benzene rings is 2. The van der Waals surface area contributed by atoms with Crippen molar-refractivity contribution in [2.24, 2.45) is 4.99 Å². The second kappa shape index (κ2) is 9.21. The third-order valence-electron chi connectivity index (χ3n) is 3.89. The minimum Gasteiger partial charge on any atom is -0.352 e. The molecule has 2 aromatic carbocycles. The Labute approximate surface area is 164 Å². The summed E-state index contributed by atoms with van der Waals surface area (Å²) < 4.78 is 90.6. The zero-order valence-corrected chi connectivity index (χ0v) is 16.3. The Morgan fingerprint density at radius 1 is 0.931 bits per heavy atom. The topological polar surface area (TPSA) is 70.6 Å². The van der Waals surface area contributed by atoms with Crippen molar-refractivity contribution in [2.75, 3.05) is 13.3 Å². The van der Waals surface area contributed by atoms with Crippen molar-refractivity contribution in [1.29, 1.82) is 0 Å². The number of nitrogens with one attached hydrogen (secondary N) is 2. The first-order chi connectivity index (χ1) is 13.5. The SMILES string of the molecule is CN=C(NCc1cc(F)ccc1CS(C)(=O)=O)NCc1c(F)c(F)cc(F)c1F. The highest BCUT2D eigenvalue weighted by molar-refractivity contribution is 7.89. The van der Waals surface area contributed by atoms with E-state index in [0.717, 1.165) is 18.4 Å². The predicted octanol–water partition coefficient (Wildman–Crippen LogP) is 2.79. The molecular weight excluding hydrogens is 417 g/mol. The van der Waals surface area contributed by atoms with Crippen LogP contribution in [0.1, 0.15) is 16.7 Å². The molecule has 5 nitrogen and oxygen atoms in total. The van der Waals surface area contributed by atoms with Crippen LogP contribution in [0, 0.1) is 29.1 Å². The Morgan fingerprint density at radius 2 is 1.52 bits per heavy atom. The molecule has 0 bridgehead atoms. The molecule has 0 amide bonds. The lowest BCUT2D eigenvalue weighted by atomic mass is 10.1. The van der Waals surface area contributed by atoms with Crippen molar-refractivity contribution < 1.29 is 30.4 Å². The molecular formula is C18H18F5N3O2S. The highest BCUT2D eigenvalue weighted by atomic mass is 32.2. The maximum Gasteiger partial charge on any atom is 0.191 e. The molecule has 0 aliphatic carbocycles. The number of guanidine groups is 1. The van der Waals surface area contributed by atoms with Crippen molar-refractivity contribution in [1.82, 2.24) is 10.6 Å². The summed E-state index contributed by atoms with van der Waals surface area (Å²) in [7, 11) is -2.04. The minimum absolute atomic E-state index is 0.0111. The van der Waals surface area contributed by atoms with Crippen LogP contribution in [0.25, 0.3) is 0 Å². The van der Waals surface area contributed by atoms with Crippen molar-refractivity contribution in [3.63, 3.8) is 0 Å². The van der Waals surface area contributed by atoms with Crippen molar-refractivity contribution in [3.8, 4) is 0 Å². The lowest BCUT2D eigenvalue weighted by Crippen LogP contribution is -2.37. The molecule has 0 aliphatic heterocycles. The number of hydrogen-bond acceptors (Lipinski definition) is 3. The van der Waals surface area contributed by atoms with Gasteiger partial charge in [0.1, 0.15) is 5.82 Å². The first-order valence-corrected chi connectivity index (χ1v) is 10.3. The second-order valence-corrected chi connectivity index (χ2v) is 8.35. The maximum absolute atomic E-state index is 13.7. The van der Waals surface area contributed by atoms with E-state index in [1.54, 1.807) is 0 Å². The van der Waals surface area contributed by atoms with Crippen molar-refractivity contribution >= 4 is 15.8 Å². The van der Waals surface area contributed by atoms with Gasteiger partial charge in [-0.3, -0.25) is 4.99 Å². The van der Waals surface area contributed by atoms with E-state index in [1.807, 2.05) is 0 Å². The fraction of sp³-hybridized carbons (Fsp3) is 0.278. The molecule has 2 rings (SSSR count). The fourth-order valence-electron chi connectivity index (χ4n) is 2.53. The van der Waals surface area contributed by atoms with Gasteiger partial charge in [-0.15, -0.1) is 0 Å². The smallest absolute Gasteiger partial charge is 0.191 e. The number of hydrogen-bond donors (Lipinski definition) is 2. The van der Waals surface area contributed by atoms with E-state index < -0.39 is 51.0 Å². The van der Waals surface area contributed by atoms with E-state index in [9.17, 15) is 30.4 Å². The Kier molecular flexibility index (Phi) is 7.17. The van der Waals surface area contributed by atoms with Crippen LogP contribution in [-0.2, 0) is 28.7 Å². The van der Waals surface area contributed by atoms with Crippen LogP contribution in [0.4, 0.5) is 22.0 Å². The molecule has 2 N–H and O–H groups in total. The van der Waals surface area contributed by atoms with Crippen LogP contribution >= 0.6 is 0 Å². The molecule has 0 spiro atoms. The van der Waals surface area contributed by atoms with E-state index in [4.69, 9.17) is 0 Å². The highest BCUT2D eigenvalue weighted by Crippen LogP contribution is 2.19. The average Bonchev–Trinajstić information content (AvgIpc) is 2.63. The van der Waals surface area contributed by atoms with Crippen molar-refractivity contribution in [2.45, 2.75) is 18.8 Å². The van der Waals surface area contributed by atoms with Gasteiger partial charge in [-0.2, -0.15) is 0 Å². The number of sulfone groups is 1. The van der Waals surface area contributed by atoms with E-state index in [-0.39, 0.29) is 24.3 Å². The molecule has 158 valence electrons. The Bertz CT molecular complexity index is 1020. The summed E-state index contributed by atoms with van der Waals surface area (Å²) in [6.07, 6.45) is 1.04. The van der Waals surface area contributed by atoms with Crippen LogP contribution in [-0.4, -0.2) is 27.7 Å². The average molecular weight is 435 g/mol. The van der Waals surface area contributed by atoms with Crippen LogP contribution < -0.4 is 10.6 Å². The molecule has 11 heteroatoms. The van der Waals surface area contributed by atoms with Gasteiger partial charge in [0.15, 0.2) is 39.1 Å². The van der Waals surface area contributed by atoms with Gasteiger partial charge in [-0.05, 0) is 23.3 Å². The summed E-state index contributed by atoms with van der Waals surface area (Å²) in [5.74, 6) is -7.04. The number of rotatable bonds is 6. The summed E-state index contributed by atoms with van der Waals surface area (Å²) in [6, 6.07) is 3.71. The molecule has 0 aliphatic rings. The van der Waals surface area contributed by atoms with Gasteiger partial charge in [-0.25, -0.2) is 30.4 Å². The van der Waals surface area contributed by atoms with Gasteiger partial charge in [0.25, 0.3) is 0 Å². The number of halogens is 5. The van der Waals surface area contributed by atoms with Gasteiger partial charge in [0.2, 0.25) is 0 Å². The Morgan fingerprint density at radius 3 is 2.07 bits per heavy atom. The predicted molar refractivity (Wildman–Crippen MR) is 98.3 cm³/mol. The van der Waals surface area contributed by atoms with Crippen LogP contribution in [0.5, 0.6) is 0 Å². The molecule has 0 aromatic heterocycles. The highest BCUT2D eigenvalue weighted by Gasteiger charge is 2.19. The molecule has 0 atom stereocenters. The quantitative estimate of drug-likeness (QED) is 0.317. The maximum atomic E-state index is 13.7. The second-order valence-electron chi connectivity index (χ2n) is 6.21. The lowest BCUT2D eigenvalue weighted by Gasteiger charge is -2.15.